The molecule has 2 rings (SSSR count). The van der Waals surface area contributed by atoms with Crippen LogP contribution in [-0.2, 0) is 5.54 Å². The average Bonchev–Trinajstić information content (AvgIpc) is 2.75. The summed E-state index contributed by atoms with van der Waals surface area (Å²) in [5.74, 6) is 0. The van der Waals surface area contributed by atoms with Crippen LogP contribution < -0.4 is 0 Å². The molecule has 0 aliphatic carbocycles. The molecular weight excluding hydrogens is 325 g/mol. The Labute approximate surface area is 116 Å². The quantitative estimate of drug-likeness (QED) is 0.838. The molecule has 1 unspecified atom stereocenters. The average molecular weight is 341 g/mol. The summed E-state index contributed by atoms with van der Waals surface area (Å²) in [4.78, 5) is 4.65. The number of aliphatic hydroxyl groups is 1. The van der Waals surface area contributed by atoms with Crippen molar-refractivity contribution in [2.24, 2.45) is 4.99 Å². The predicted molar refractivity (Wildman–Crippen MR) is 79.4 cm³/mol. The normalized spacial score (nSPS) is 22.9. The summed E-state index contributed by atoms with van der Waals surface area (Å²) in [7, 11) is 0. The molecule has 0 amide bonds. The van der Waals surface area contributed by atoms with E-state index >= 15 is 0 Å². The van der Waals surface area contributed by atoms with Crippen molar-refractivity contribution in [3.63, 3.8) is 0 Å². The first-order valence-electron chi connectivity index (χ1n) is 5.84. The van der Waals surface area contributed by atoms with Crippen LogP contribution in [0.25, 0.3) is 0 Å². The monoisotopic (exact) mass is 341 g/mol. The van der Waals surface area contributed by atoms with Crippen LogP contribution >= 0.6 is 22.6 Å². The molecule has 0 saturated carbocycles. The predicted octanol–water partition coefficient (Wildman–Crippen LogP) is 3.29. The standard InChI is InChI=1S/C14H16INO/c1-2-14(9-11(7-8-17)10-16-14)12-3-5-13(15)6-4-12/h3-6,9-10,17H,2,7-8H2,1H3. The number of hydrogen-bond acceptors (Lipinski definition) is 2. The van der Waals surface area contributed by atoms with Crippen molar-refractivity contribution in [3.8, 4) is 0 Å². The summed E-state index contributed by atoms with van der Waals surface area (Å²) in [6.07, 6.45) is 5.72. The van der Waals surface area contributed by atoms with Crippen molar-refractivity contribution in [2.45, 2.75) is 25.3 Å². The fourth-order valence-corrected chi connectivity index (χ4v) is 2.50. The Bertz CT molecular complexity index is 450. The van der Waals surface area contributed by atoms with E-state index in [1.807, 2.05) is 6.21 Å². The Morgan fingerprint density at radius 3 is 2.59 bits per heavy atom. The summed E-state index contributed by atoms with van der Waals surface area (Å²) in [5, 5.41) is 8.97. The maximum absolute atomic E-state index is 8.97. The van der Waals surface area contributed by atoms with Gasteiger partial charge in [-0.2, -0.15) is 0 Å². The first-order chi connectivity index (χ1) is 8.20. The molecule has 1 N–H and O–H groups in total. The van der Waals surface area contributed by atoms with Gasteiger partial charge in [-0.15, -0.1) is 0 Å². The minimum Gasteiger partial charge on any atom is -0.396 e. The molecule has 1 aromatic rings. The van der Waals surface area contributed by atoms with Crippen molar-refractivity contribution < 1.29 is 5.11 Å². The summed E-state index contributed by atoms with van der Waals surface area (Å²) in [6, 6.07) is 8.50. The number of aliphatic imine (C=N–C) groups is 1. The summed E-state index contributed by atoms with van der Waals surface area (Å²) < 4.78 is 1.24. The zero-order valence-electron chi connectivity index (χ0n) is 9.86. The van der Waals surface area contributed by atoms with E-state index in [0.29, 0.717) is 6.42 Å². The summed E-state index contributed by atoms with van der Waals surface area (Å²) in [5.41, 5.74) is 2.15. The molecule has 1 aliphatic heterocycles. The molecule has 0 radical (unpaired) electrons. The van der Waals surface area contributed by atoms with Crippen molar-refractivity contribution in [2.75, 3.05) is 6.61 Å². The molecular formula is C14H16INO. The Morgan fingerprint density at radius 1 is 1.29 bits per heavy atom. The molecule has 17 heavy (non-hydrogen) atoms. The van der Waals surface area contributed by atoms with Gasteiger partial charge in [-0.05, 0) is 64.8 Å². The molecule has 90 valence electrons. The molecule has 0 saturated heterocycles. The summed E-state index contributed by atoms with van der Waals surface area (Å²) in [6.45, 7) is 2.33. The van der Waals surface area contributed by atoms with Crippen LogP contribution in [0.4, 0.5) is 0 Å². The van der Waals surface area contributed by atoms with Crippen molar-refractivity contribution in [1.82, 2.24) is 0 Å². The van der Waals surface area contributed by atoms with Crippen LogP contribution in [0.15, 0.2) is 40.9 Å². The largest absolute Gasteiger partial charge is 0.396 e. The highest BCUT2D eigenvalue weighted by atomic mass is 127. The van der Waals surface area contributed by atoms with Gasteiger partial charge in [0.25, 0.3) is 0 Å². The lowest BCUT2D eigenvalue weighted by atomic mass is 9.87. The number of rotatable bonds is 4. The van der Waals surface area contributed by atoms with Gasteiger partial charge in [-0.1, -0.05) is 19.1 Å². The Hall–Kier alpha value is -0.680. The number of benzene rings is 1. The van der Waals surface area contributed by atoms with Crippen LogP contribution in [0, 0.1) is 3.57 Å². The number of nitrogens with zero attached hydrogens (tertiary/aromatic N) is 1. The van der Waals surface area contributed by atoms with E-state index in [-0.39, 0.29) is 12.1 Å². The highest BCUT2D eigenvalue weighted by Crippen LogP contribution is 2.36. The van der Waals surface area contributed by atoms with Crippen LogP contribution in [0.1, 0.15) is 25.3 Å². The highest BCUT2D eigenvalue weighted by molar-refractivity contribution is 14.1. The SMILES string of the molecule is CCC1(c2ccc(I)cc2)C=C(CCO)C=N1. The van der Waals surface area contributed by atoms with E-state index in [1.165, 1.54) is 9.13 Å². The van der Waals surface area contributed by atoms with Crippen molar-refractivity contribution in [1.29, 1.82) is 0 Å². The van der Waals surface area contributed by atoms with Gasteiger partial charge in [0.2, 0.25) is 0 Å². The molecule has 0 spiro atoms. The van der Waals surface area contributed by atoms with Crippen molar-refractivity contribution in [3.05, 3.63) is 45.0 Å². The second-order valence-electron chi connectivity index (χ2n) is 4.24. The van der Waals surface area contributed by atoms with Crippen LogP contribution in [0.3, 0.4) is 0 Å². The van der Waals surface area contributed by atoms with Gasteiger partial charge in [-0.3, -0.25) is 4.99 Å². The van der Waals surface area contributed by atoms with Gasteiger partial charge < -0.3 is 5.11 Å². The van der Waals surface area contributed by atoms with Gasteiger partial charge in [0.15, 0.2) is 0 Å². The minimum absolute atomic E-state index is 0.185. The molecule has 0 fully saturated rings. The maximum atomic E-state index is 8.97. The van der Waals surface area contributed by atoms with Crippen LogP contribution in [0.5, 0.6) is 0 Å². The zero-order chi connectivity index (χ0) is 12.3. The molecule has 1 atom stereocenters. The molecule has 0 aromatic heterocycles. The lowest BCUT2D eigenvalue weighted by Gasteiger charge is -2.23. The second-order valence-corrected chi connectivity index (χ2v) is 5.48. The number of aliphatic hydroxyl groups excluding tert-OH is 1. The van der Waals surface area contributed by atoms with E-state index in [4.69, 9.17) is 5.11 Å². The zero-order valence-corrected chi connectivity index (χ0v) is 12.0. The first kappa shape index (κ1) is 12.8. The van der Waals surface area contributed by atoms with Crippen LogP contribution in [0.2, 0.25) is 0 Å². The Morgan fingerprint density at radius 2 is 2.00 bits per heavy atom. The molecule has 0 bridgehead atoms. The second kappa shape index (κ2) is 5.31. The van der Waals surface area contributed by atoms with Gasteiger partial charge in [-0.25, -0.2) is 0 Å². The van der Waals surface area contributed by atoms with Gasteiger partial charge >= 0.3 is 0 Å². The van der Waals surface area contributed by atoms with E-state index in [1.54, 1.807) is 0 Å². The smallest absolute Gasteiger partial charge is 0.104 e. The van der Waals surface area contributed by atoms with E-state index in [9.17, 15) is 0 Å². The number of halogens is 1. The fourth-order valence-electron chi connectivity index (χ4n) is 2.14. The molecule has 2 nitrogen and oxygen atoms in total. The van der Waals surface area contributed by atoms with Gasteiger partial charge in [0.1, 0.15) is 5.54 Å². The van der Waals surface area contributed by atoms with Crippen molar-refractivity contribution >= 4 is 28.8 Å². The Kier molecular flexibility index (Phi) is 3.99. The molecule has 3 heteroatoms. The topological polar surface area (TPSA) is 32.6 Å². The van der Waals surface area contributed by atoms with Gasteiger partial charge in [0.05, 0.1) is 0 Å². The molecule has 1 aromatic carbocycles. The third-order valence-electron chi connectivity index (χ3n) is 3.17. The lowest BCUT2D eigenvalue weighted by molar-refractivity contribution is 0.301. The highest BCUT2D eigenvalue weighted by Gasteiger charge is 2.30. The third kappa shape index (κ3) is 2.60. The maximum Gasteiger partial charge on any atom is 0.104 e. The van der Waals surface area contributed by atoms with Crippen LogP contribution in [-0.4, -0.2) is 17.9 Å². The molecule has 1 aliphatic rings. The third-order valence-corrected chi connectivity index (χ3v) is 3.89. The number of hydrogen-bond donors (Lipinski definition) is 1. The minimum atomic E-state index is -0.213. The molecule has 1 heterocycles. The van der Waals surface area contributed by atoms with Gasteiger partial charge in [0, 0.05) is 16.4 Å². The lowest BCUT2D eigenvalue weighted by Crippen LogP contribution is -2.17. The summed E-state index contributed by atoms with van der Waals surface area (Å²) >= 11 is 2.31. The fraction of sp³-hybridized carbons (Fsp3) is 0.357. The first-order valence-corrected chi connectivity index (χ1v) is 6.92. The Balaban J connectivity index is 2.34. The van der Waals surface area contributed by atoms with E-state index < -0.39 is 0 Å². The van der Waals surface area contributed by atoms with E-state index in [2.05, 4.69) is 64.8 Å². The van der Waals surface area contributed by atoms with E-state index in [0.717, 1.165) is 12.0 Å².